The molecule has 1 fully saturated rings. The molecule has 5 nitrogen and oxygen atoms in total. The number of aromatic nitrogens is 3. The van der Waals surface area contributed by atoms with E-state index >= 15 is 0 Å². The van der Waals surface area contributed by atoms with E-state index in [9.17, 15) is 0 Å². The van der Waals surface area contributed by atoms with E-state index in [4.69, 9.17) is 4.98 Å². The van der Waals surface area contributed by atoms with E-state index in [1.807, 2.05) is 6.92 Å². The van der Waals surface area contributed by atoms with Crippen molar-refractivity contribution in [1.29, 1.82) is 0 Å². The molecule has 0 aromatic carbocycles. The zero-order chi connectivity index (χ0) is 15.7. The van der Waals surface area contributed by atoms with Crippen LogP contribution in [0.2, 0.25) is 0 Å². The van der Waals surface area contributed by atoms with Crippen molar-refractivity contribution in [3.63, 3.8) is 0 Å². The molecule has 0 saturated carbocycles. The normalized spacial score (nSPS) is 15.4. The minimum Gasteiger partial charge on any atom is -0.357 e. The van der Waals surface area contributed by atoms with Crippen LogP contribution in [-0.2, 0) is 5.41 Å². The molecule has 3 heterocycles. The van der Waals surface area contributed by atoms with Gasteiger partial charge in [0.2, 0.25) is 5.13 Å². The van der Waals surface area contributed by atoms with Crippen LogP contribution in [0.3, 0.4) is 0 Å². The Bertz CT molecular complexity index is 653. The van der Waals surface area contributed by atoms with E-state index in [1.54, 1.807) is 0 Å². The number of nitrogens with zero attached hydrogens (tertiary/aromatic N) is 4. The molecule has 0 radical (unpaired) electrons. The summed E-state index contributed by atoms with van der Waals surface area (Å²) in [6.07, 6.45) is 2.53. The Morgan fingerprint density at radius 3 is 2.45 bits per heavy atom. The summed E-state index contributed by atoms with van der Waals surface area (Å²) in [5.41, 5.74) is 1.97. The Hall–Kier alpha value is -1.69. The Kier molecular flexibility index (Phi) is 4.04. The summed E-state index contributed by atoms with van der Waals surface area (Å²) >= 11 is 1.40. The van der Waals surface area contributed by atoms with Gasteiger partial charge in [-0.2, -0.15) is 4.37 Å². The van der Waals surface area contributed by atoms with Crippen LogP contribution in [0.4, 0.5) is 16.6 Å². The van der Waals surface area contributed by atoms with Gasteiger partial charge < -0.3 is 10.2 Å². The molecule has 2 aromatic heterocycles. The largest absolute Gasteiger partial charge is 0.357 e. The molecule has 1 aliphatic heterocycles. The Morgan fingerprint density at radius 2 is 1.86 bits per heavy atom. The van der Waals surface area contributed by atoms with E-state index in [0.717, 1.165) is 41.2 Å². The number of aryl methyl sites for hydroxylation is 1. The Labute approximate surface area is 136 Å². The molecule has 6 heteroatoms. The standard InChI is InChI=1S/C16H23N5S/c1-11-12(7-8-13(17-11)21-9-5-6-10-21)18-15-19-14(20-22-15)16(2,3)4/h7-8H,5-6,9-10H2,1-4H3,(H,18,19,20). The van der Waals surface area contributed by atoms with Gasteiger partial charge in [0, 0.05) is 30.0 Å². The third-order valence-electron chi connectivity index (χ3n) is 3.84. The molecule has 0 amide bonds. The van der Waals surface area contributed by atoms with Gasteiger partial charge in [0.1, 0.15) is 11.6 Å². The minimum atomic E-state index is -0.0245. The predicted octanol–water partition coefficient (Wildman–Crippen LogP) is 3.88. The molecule has 118 valence electrons. The fourth-order valence-corrected chi connectivity index (χ4v) is 3.27. The van der Waals surface area contributed by atoms with Gasteiger partial charge in [0.15, 0.2) is 0 Å². The monoisotopic (exact) mass is 317 g/mol. The molecule has 1 aliphatic rings. The van der Waals surface area contributed by atoms with Crippen molar-refractivity contribution in [2.75, 3.05) is 23.3 Å². The molecule has 0 bridgehead atoms. The predicted molar refractivity (Wildman–Crippen MR) is 92.3 cm³/mol. The third kappa shape index (κ3) is 3.21. The SMILES string of the molecule is Cc1nc(N2CCCC2)ccc1Nc1nc(C(C)(C)C)ns1. The molecule has 0 atom stereocenters. The summed E-state index contributed by atoms with van der Waals surface area (Å²) < 4.78 is 4.43. The molecule has 0 unspecified atom stereocenters. The van der Waals surface area contributed by atoms with Crippen molar-refractivity contribution in [2.24, 2.45) is 0 Å². The van der Waals surface area contributed by atoms with E-state index < -0.39 is 0 Å². The van der Waals surface area contributed by atoms with Gasteiger partial charge in [-0.1, -0.05) is 20.8 Å². The third-order valence-corrected chi connectivity index (χ3v) is 4.47. The average Bonchev–Trinajstić information content (AvgIpc) is 3.11. The fourth-order valence-electron chi connectivity index (χ4n) is 2.50. The Morgan fingerprint density at radius 1 is 1.14 bits per heavy atom. The topological polar surface area (TPSA) is 53.9 Å². The molecule has 0 aliphatic carbocycles. The van der Waals surface area contributed by atoms with Crippen LogP contribution in [0.15, 0.2) is 12.1 Å². The van der Waals surface area contributed by atoms with Crippen LogP contribution in [0.1, 0.15) is 45.1 Å². The zero-order valence-corrected chi connectivity index (χ0v) is 14.5. The van der Waals surface area contributed by atoms with Crippen molar-refractivity contribution < 1.29 is 0 Å². The van der Waals surface area contributed by atoms with Crippen LogP contribution in [0, 0.1) is 6.92 Å². The van der Waals surface area contributed by atoms with Crippen LogP contribution < -0.4 is 10.2 Å². The fraction of sp³-hybridized carbons (Fsp3) is 0.562. The highest BCUT2D eigenvalue weighted by Crippen LogP contribution is 2.27. The van der Waals surface area contributed by atoms with Crippen molar-refractivity contribution in [2.45, 2.75) is 46.0 Å². The summed E-state index contributed by atoms with van der Waals surface area (Å²) in [6, 6.07) is 4.18. The molecule has 0 spiro atoms. The van der Waals surface area contributed by atoms with Crippen LogP contribution >= 0.6 is 11.5 Å². The second kappa shape index (κ2) is 5.83. The molecule has 1 N–H and O–H groups in total. The summed E-state index contributed by atoms with van der Waals surface area (Å²) in [6.45, 7) is 10.6. The molecule has 2 aromatic rings. The van der Waals surface area contributed by atoms with Gasteiger partial charge in [0.05, 0.1) is 11.4 Å². The van der Waals surface area contributed by atoms with Gasteiger partial charge in [-0.15, -0.1) is 0 Å². The molecule has 1 saturated heterocycles. The lowest BCUT2D eigenvalue weighted by atomic mass is 9.96. The van der Waals surface area contributed by atoms with E-state index in [0.29, 0.717) is 0 Å². The molecular formula is C16H23N5S. The van der Waals surface area contributed by atoms with E-state index in [2.05, 4.69) is 52.5 Å². The van der Waals surface area contributed by atoms with Crippen molar-refractivity contribution in [3.05, 3.63) is 23.7 Å². The number of hydrogen-bond acceptors (Lipinski definition) is 6. The van der Waals surface area contributed by atoms with E-state index in [1.165, 1.54) is 24.4 Å². The summed E-state index contributed by atoms with van der Waals surface area (Å²) in [5.74, 6) is 1.95. The first-order valence-electron chi connectivity index (χ1n) is 7.77. The smallest absolute Gasteiger partial charge is 0.207 e. The maximum atomic E-state index is 4.73. The molecule has 3 rings (SSSR count). The van der Waals surface area contributed by atoms with Gasteiger partial charge in [-0.25, -0.2) is 9.97 Å². The van der Waals surface area contributed by atoms with Crippen LogP contribution in [0.25, 0.3) is 0 Å². The van der Waals surface area contributed by atoms with E-state index in [-0.39, 0.29) is 5.41 Å². The number of hydrogen-bond donors (Lipinski definition) is 1. The lowest BCUT2D eigenvalue weighted by Gasteiger charge is -2.17. The van der Waals surface area contributed by atoms with Crippen LogP contribution in [0.5, 0.6) is 0 Å². The number of pyridine rings is 1. The lowest BCUT2D eigenvalue weighted by Crippen LogP contribution is -2.19. The summed E-state index contributed by atoms with van der Waals surface area (Å²) in [5, 5.41) is 4.17. The van der Waals surface area contributed by atoms with Crippen molar-refractivity contribution >= 4 is 28.2 Å². The van der Waals surface area contributed by atoms with Crippen molar-refractivity contribution in [3.8, 4) is 0 Å². The highest BCUT2D eigenvalue weighted by molar-refractivity contribution is 7.09. The number of nitrogens with one attached hydrogen (secondary N) is 1. The maximum absolute atomic E-state index is 4.73. The zero-order valence-electron chi connectivity index (χ0n) is 13.7. The molecular weight excluding hydrogens is 294 g/mol. The van der Waals surface area contributed by atoms with Crippen LogP contribution in [-0.4, -0.2) is 27.4 Å². The first-order valence-corrected chi connectivity index (χ1v) is 8.54. The minimum absolute atomic E-state index is 0.0245. The number of rotatable bonds is 3. The molecule has 22 heavy (non-hydrogen) atoms. The summed E-state index contributed by atoms with van der Waals surface area (Å²) in [4.78, 5) is 11.6. The first kappa shape index (κ1) is 15.2. The van der Waals surface area contributed by atoms with Gasteiger partial charge in [-0.3, -0.25) is 0 Å². The lowest BCUT2D eigenvalue weighted by molar-refractivity contribution is 0.555. The van der Waals surface area contributed by atoms with Gasteiger partial charge in [0.25, 0.3) is 0 Å². The second-order valence-electron chi connectivity index (χ2n) is 6.79. The number of anilines is 3. The quantitative estimate of drug-likeness (QED) is 0.931. The maximum Gasteiger partial charge on any atom is 0.207 e. The van der Waals surface area contributed by atoms with Gasteiger partial charge in [-0.05, 0) is 31.9 Å². The Balaban J connectivity index is 1.76. The summed E-state index contributed by atoms with van der Waals surface area (Å²) in [7, 11) is 0. The first-order chi connectivity index (χ1) is 10.4. The second-order valence-corrected chi connectivity index (χ2v) is 7.55. The van der Waals surface area contributed by atoms with Gasteiger partial charge >= 0.3 is 0 Å². The highest BCUT2D eigenvalue weighted by atomic mass is 32.1. The average molecular weight is 317 g/mol. The highest BCUT2D eigenvalue weighted by Gasteiger charge is 2.20. The van der Waals surface area contributed by atoms with Crippen molar-refractivity contribution in [1.82, 2.24) is 14.3 Å².